The molecule has 0 aliphatic carbocycles. The molecule has 0 rings (SSSR count). The lowest BCUT2D eigenvalue weighted by Gasteiger charge is -2.30. The normalized spacial score (nSPS) is 14.1. The topological polar surface area (TPSA) is 114 Å². The van der Waals surface area contributed by atoms with Crippen molar-refractivity contribution in [3.05, 3.63) is 85.1 Å². The molecule has 10 heteroatoms. The van der Waals surface area contributed by atoms with Gasteiger partial charge in [-0.2, -0.15) is 0 Å². The number of hydrogen-bond donors (Lipinski definition) is 1. The first-order valence-corrected chi connectivity index (χ1v) is 36.4. The van der Waals surface area contributed by atoms with E-state index >= 15 is 0 Å². The van der Waals surface area contributed by atoms with Crippen molar-refractivity contribution < 1.29 is 37.3 Å². The first kappa shape index (κ1) is 80.2. The van der Waals surface area contributed by atoms with Crippen molar-refractivity contribution in [2.45, 2.75) is 328 Å². The molecule has 0 aromatic heterocycles. The van der Waals surface area contributed by atoms with Crippen LogP contribution in [0.25, 0.3) is 0 Å². The molecule has 0 saturated carbocycles. The molecule has 0 heterocycles. The van der Waals surface area contributed by atoms with Crippen LogP contribution in [-0.4, -0.2) is 69.4 Å². The summed E-state index contributed by atoms with van der Waals surface area (Å²) in [5, 5.41) is 3.04. The van der Waals surface area contributed by atoms with Crippen molar-refractivity contribution >= 4 is 19.7 Å². The molecule has 0 fully saturated rings. The fourth-order valence-corrected chi connectivity index (χ4v) is 10.6. The van der Waals surface area contributed by atoms with Gasteiger partial charge in [0.25, 0.3) is 7.82 Å². The molecular formula is C73H133N2O7P. The van der Waals surface area contributed by atoms with Gasteiger partial charge in [-0.05, 0) is 109 Å². The lowest BCUT2D eigenvalue weighted by molar-refractivity contribution is -0.870. The molecule has 482 valence electrons. The summed E-state index contributed by atoms with van der Waals surface area (Å²) < 4.78 is 30.4. The number of nitrogens with zero attached hydrogens (tertiary/aromatic N) is 1. The lowest BCUT2D eigenvalue weighted by Crippen LogP contribution is -2.47. The molecule has 1 amide bonds. The Morgan fingerprint density at radius 2 is 0.735 bits per heavy atom. The first-order chi connectivity index (χ1) is 40.4. The van der Waals surface area contributed by atoms with Gasteiger partial charge in [0.05, 0.1) is 33.8 Å². The molecule has 0 aromatic rings. The van der Waals surface area contributed by atoms with Crippen LogP contribution in [0.3, 0.4) is 0 Å². The number of rotatable bonds is 63. The van der Waals surface area contributed by atoms with E-state index in [4.69, 9.17) is 13.8 Å². The fourth-order valence-electron chi connectivity index (χ4n) is 9.89. The minimum Gasteiger partial charge on any atom is -0.756 e. The van der Waals surface area contributed by atoms with Gasteiger partial charge in [0.15, 0.2) is 0 Å². The number of amides is 1. The van der Waals surface area contributed by atoms with E-state index in [0.717, 1.165) is 96.3 Å². The average Bonchev–Trinajstić information content (AvgIpc) is 3.51. The highest BCUT2D eigenvalue weighted by Gasteiger charge is 2.27. The molecule has 0 aliphatic heterocycles. The van der Waals surface area contributed by atoms with Crippen LogP contribution in [0, 0.1) is 0 Å². The van der Waals surface area contributed by atoms with Gasteiger partial charge < -0.3 is 28.5 Å². The minimum absolute atomic E-state index is 0.0262. The molecule has 9 nitrogen and oxygen atoms in total. The molecular weight excluding hydrogens is 1050 g/mol. The number of phosphoric acid groups is 1. The summed E-state index contributed by atoms with van der Waals surface area (Å²) in [4.78, 5) is 40.1. The quantitative estimate of drug-likeness (QED) is 0.0212. The number of phosphoric ester groups is 1. The second-order valence-corrected chi connectivity index (χ2v) is 26.1. The van der Waals surface area contributed by atoms with Crippen LogP contribution in [0.15, 0.2) is 85.1 Å². The van der Waals surface area contributed by atoms with Gasteiger partial charge in [-0.25, -0.2) is 0 Å². The Labute approximate surface area is 514 Å². The molecule has 0 bridgehead atoms. The number of unbranched alkanes of at least 4 members (excludes halogenated alkanes) is 35. The Hall–Kier alpha value is -2.81. The van der Waals surface area contributed by atoms with E-state index in [9.17, 15) is 19.0 Å². The summed E-state index contributed by atoms with van der Waals surface area (Å²) in [7, 11) is 1.18. The third kappa shape index (κ3) is 63.5. The van der Waals surface area contributed by atoms with E-state index in [0.29, 0.717) is 17.4 Å². The summed E-state index contributed by atoms with van der Waals surface area (Å²) in [5.41, 5.74) is 0. The minimum atomic E-state index is -4.71. The monoisotopic (exact) mass is 1180 g/mol. The van der Waals surface area contributed by atoms with Crippen LogP contribution in [0.2, 0.25) is 0 Å². The zero-order valence-electron chi connectivity index (χ0n) is 55.1. The summed E-state index contributed by atoms with van der Waals surface area (Å²) in [5.74, 6) is -0.546. The first-order valence-electron chi connectivity index (χ1n) is 34.9. The zero-order valence-corrected chi connectivity index (χ0v) is 56.0. The number of likely N-dealkylation sites (N-methyl/N-ethyl adjacent to an activating group) is 1. The number of hydrogen-bond acceptors (Lipinski definition) is 7. The fraction of sp³-hybridized carbons (Fsp3) is 0.781. The van der Waals surface area contributed by atoms with E-state index in [2.05, 4.69) is 99.0 Å². The predicted octanol–water partition coefficient (Wildman–Crippen LogP) is 21.5. The van der Waals surface area contributed by atoms with E-state index in [-0.39, 0.29) is 24.9 Å². The molecule has 3 atom stereocenters. The van der Waals surface area contributed by atoms with Crippen molar-refractivity contribution in [3.63, 3.8) is 0 Å². The Kier molecular flexibility index (Phi) is 60.1. The van der Waals surface area contributed by atoms with Crippen molar-refractivity contribution in [1.29, 1.82) is 0 Å². The molecule has 1 N–H and O–H groups in total. The second kappa shape index (κ2) is 62.2. The average molecular weight is 1180 g/mol. The van der Waals surface area contributed by atoms with E-state index in [1.54, 1.807) is 0 Å². The maximum absolute atomic E-state index is 13.6. The van der Waals surface area contributed by atoms with Gasteiger partial charge in [-0.1, -0.05) is 280 Å². The number of esters is 1. The smallest absolute Gasteiger partial charge is 0.306 e. The van der Waals surface area contributed by atoms with Gasteiger partial charge in [-0.3, -0.25) is 14.2 Å². The van der Waals surface area contributed by atoms with Crippen LogP contribution in [0.4, 0.5) is 0 Å². The molecule has 0 aromatic carbocycles. The second-order valence-electron chi connectivity index (χ2n) is 24.7. The van der Waals surface area contributed by atoms with Gasteiger partial charge in [0.1, 0.15) is 19.3 Å². The highest BCUT2D eigenvalue weighted by atomic mass is 31.2. The van der Waals surface area contributed by atoms with E-state index in [1.807, 2.05) is 33.3 Å². The maximum atomic E-state index is 13.6. The van der Waals surface area contributed by atoms with Crippen LogP contribution >= 0.6 is 7.82 Å². The van der Waals surface area contributed by atoms with Crippen LogP contribution in [0.5, 0.6) is 0 Å². The number of nitrogens with one attached hydrogen (secondary N) is 1. The highest BCUT2D eigenvalue weighted by molar-refractivity contribution is 7.45. The van der Waals surface area contributed by atoms with Crippen molar-refractivity contribution in [2.75, 3.05) is 40.9 Å². The van der Waals surface area contributed by atoms with E-state index < -0.39 is 26.6 Å². The number of carbonyl (C=O) groups excluding carboxylic acids is 2. The Morgan fingerprint density at radius 3 is 1.12 bits per heavy atom. The van der Waals surface area contributed by atoms with Gasteiger partial charge >= 0.3 is 5.97 Å². The van der Waals surface area contributed by atoms with Crippen molar-refractivity contribution in [2.24, 2.45) is 0 Å². The van der Waals surface area contributed by atoms with Crippen LogP contribution in [-0.2, 0) is 27.9 Å². The summed E-state index contributed by atoms with van der Waals surface area (Å²) in [6.07, 6.45) is 82.7. The summed E-state index contributed by atoms with van der Waals surface area (Å²) in [6, 6.07) is -0.896. The van der Waals surface area contributed by atoms with E-state index in [1.165, 1.54) is 186 Å². The molecule has 0 saturated heterocycles. The molecule has 3 unspecified atom stereocenters. The number of ether oxygens (including phenoxy) is 1. The zero-order chi connectivity index (χ0) is 60.7. The number of allylic oxidation sites excluding steroid dienone is 13. The Bertz CT molecular complexity index is 1700. The standard InChI is InChI=1S/C73H133N2O7P/c1-7-10-13-16-19-22-25-27-29-31-33-35-36-37-38-40-42-44-46-48-51-54-57-60-63-66-73(77)82-71(64-61-58-55-52-49-24-21-18-15-12-9-3)70(69-81-83(78,79)80-68-67-75(4,5)6)74-72(76)65-62-59-56-53-50-47-45-43-41-39-34-32-30-28-26-23-20-17-14-11-8-2/h19-20,22-23,27-30,33,35,37-38,61,64,70-71H,7-18,21,24-26,31-32,34,36,39-60,62-63,65-69H2,1-6H3,(H-,74,76,78,79)/b22-19-,23-20-,29-27-,30-28-,35-33-,38-37-,64-61+. The lowest BCUT2D eigenvalue weighted by atomic mass is 10.0. The van der Waals surface area contributed by atoms with Crippen molar-refractivity contribution in [3.8, 4) is 0 Å². The summed E-state index contributed by atoms with van der Waals surface area (Å²) >= 11 is 0. The van der Waals surface area contributed by atoms with Gasteiger partial charge in [-0.15, -0.1) is 0 Å². The van der Waals surface area contributed by atoms with Crippen molar-refractivity contribution in [1.82, 2.24) is 5.32 Å². The SMILES string of the molecule is CCCCC/C=C\C/C=C\C/C=C\C/C=C\CCCCCCCCCCCC(=O)OC(/C=C/CCCCCCCCCCC)C(COP(=O)([O-])OCC[N+](C)(C)C)NC(=O)CCCCCCCCCCCCC/C=C\C/C=C\CCCCC. The number of quaternary nitrogens is 1. The van der Waals surface area contributed by atoms with Crippen LogP contribution < -0.4 is 10.2 Å². The number of carbonyl (C=O) groups is 2. The highest BCUT2D eigenvalue weighted by Crippen LogP contribution is 2.38. The third-order valence-corrected chi connectivity index (χ3v) is 16.3. The van der Waals surface area contributed by atoms with Gasteiger partial charge in [0, 0.05) is 12.8 Å². The maximum Gasteiger partial charge on any atom is 0.306 e. The third-order valence-electron chi connectivity index (χ3n) is 15.3. The molecule has 0 radical (unpaired) electrons. The Balaban J connectivity index is 5.07. The predicted molar refractivity (Wildman–Crippen MR) is 358 cm³/mol. The van der Waals surface area contributed by atoms with Crippen LogP contribution in [0.1, 0.15) is 316 Å². The summed E-state index contributed by atoms with van der Waals surface area (Å²) in [6.45, 7) is 6.80. The molecule has 0 spiro atoms. The van der Waals surface area contributed by atoms with Gasteiger partial charge in [0.2, 0.25) is 5.91 Å². The largest absolute Gasteiger partial charge is 0.756 e. The molecule has 83 heavy (non-hydrogen) atoms. The Morgan fingerprint density at radius 1 is 0.422 bits per heavy atom. The molecule has 0 aliphatic rings.